The Morgan fingerprint density at radius 1 is 1.26 bits per heavy atom. The van der Waals surface area contributed by atoms with Crippen molar-refractivity contribution < 1.29 is 34.5 Å². The summed E-state index contributed by atoms with van der Waals surface area (Å²) in [5.41, 5.74) is -3.39. The quantitative estimate of drug-likeness (QED) is 0.0453. The molecule has 0 aromatic rings. The highest BCUT2D eigenvalue weighted by molar-refractivity contribution is 7.69. The number of aliphatic carboxylic acids is 2. The zero-order valence-corrected chi connectivity index (χ0v) is 26.1. The highest BCUT2D eigenvalue weighted by atomic mass is 31.2. The van der Waals surface area contributed by atoms with Gasteiger partial charge in [-0.25, -0.2) is 4.76 Å². The number of likely N-dealkylation sites (N-methyl/N-ethyl adjacent to an activating group) is 1. The first-order chi connectivity index (χ1) is 20.5. The van der Waals surface area contributed by atoms with Gasteiger partial charge in [-0.05, 0) is 58.1 Å². The standard InChI is InChI=1S/C30H46N5O7P/c1-5-6-8-16-32-20-24-30(28(40)41)14-12-18-35(23(25(36)37)13-7-9-15-31-2)22-29(27(38)39,21-34(24)3)26(30)42-43(4)19-11-10-17-33-43/h5-6,8,10-12,14,16-17,19,23-24,26,28,31,40-41H,1,7,9,13,15,18,20-22H2,2-4H3,(H,36,37)(H,38,39)/b8-6-,14-12?,32-16?/t23?,24-,26?,29?,30?,43?/m1/s1. The number of hydrogen-bond acceptors (Lipinski definition) is 10. The van der Waals surface area contributed by atoms with Crippen molar-refractivity contribution in [2.45, 2.75) is 43.7 Å². The Morgan fingerprint density at radius 2 is 2.02 bits per heavy atom. The zero-order chi connectivity index (χ0) is 31.7. The summed E-state index contributed by atoms with van der Waals surface area (Å²) in [6.45, 7) is 6.17. The lowest BCUT2D eigenvalue weighted by atomic mass is 9.59. The number of likely N-dealkylation sites (tertiary alicyclic amines) is 1. The van der Waals surface area contributed by atoms with Gasteiger partial charge >= 0.3 is 11.9 Å². The van der Waals surface area contributed by atoms with Crippen LogP contribution in [0.3, 0.4) is 0 Å². The molecule has 6 atom stereocenters. The highest BCUT2D eigenvalue weighted by Crippen LogP contribution is 2.58. The molecule has 0 aromatic heterocycles. The SMILES string of the molecule is C=C/C=C\C=NC[C@H]1N(C)CC2(C(=O)O)CN(C(CCCCNC)C(=O)O)CC=CC1(C(O)O)C2OP1(C)=CC=CC=N1. The normalized spacial score (nSPS) is 32.1. The lowest BCUT2D eigenvalue weighted by Gasteiger charge is -2.60. The van der Waals surface area contributed by atoms with E-state index >= 15 is 0 Å². The van der Waals surface area contributed by atoms with Gasteiger partial charge in [-0.1, -0.05) is 43.4 Å². The predicted octanol–water partition coefficient (Wildman–Crippen LogP) is 1.50. The summed E-state index contributed by atoms with van der Waals surface area (Å²) in [5.74, 6) is -0.467. The predicted molar refractivity (Wildman–Crippen MR) is 171 cm³/mol. The van der Waals surface area contributed by atoms with Crippen molar-refractivity contribution in [1.29, 1.82) is 0 Å². The summed E-state index contributed by atoms with van der Waals surface area (Å²) in [7, 11) is 0.815. The van der Waals surface area contributed by atoms with Crippen molar-refractivity contribution in [2.75, 3.05) is 53.5 Å². The number of aliphatic hydroxyl groups excluding tert-OH is 1. The molecule has 1 fully saturated rings. The molecular formula is C30H46N5O7P. The van der Waals surface area contributed by atoms with Crippen molar-refractivity contribution in [2.24, 2.45) is 20.6 Å². The van der Waals surface area contributed by atoms with E-state index in [9.17, 15) is 30.0 Å². The van der Waals surface area contributed by atoms with Crippen LogP contribution in [-0.4, -0.2) is 138 Å². The molecule has 0 spiro atoms. The van der Waals surface area contributed by atoms with Crippen LogP contribution in [0.1, 0.15) is 19.3 Å². The smallest absolute Gasteiger partial charge is 0.320 e. The molecule has 0 aliphatic carbocycles. The van der Waals surface area contributed by atoms with Gasteiger partial charge in [0.15, 0.2) is 6.29 Å². The molecule has 12 nitrogen and oxygen atoms in total. The fourth-order valence-electron chi connectivity index (χ4n) is 6.39. The summed E-state index contributed by atoms with van der Waals surface area (Å²) < 4.78 is 11.3. The van der Waals surface area contributed by atoms with E-state index in [4.69, 9.17) is 4.52 Å². The Kier molecular flexibility index (Phi) is 12.4. The number of nitrogens with one attached hydrogen (secondary N) is 1. The summed E-state index contributed by atoms with van der Waals surface area (Å²) in [4.78, 5) is 34.0. The van der Waals surface area contributed by atoms with E-state index in [0.717, 1.165) is 13.0 Å². The minimum Gasteiger partial charge on any atom is -0.481 e. The molecular weight excluding hydrogens is 573 g/mol. The fraction of sp³-hybridized carbons (Fsp3) is 0.567. The lowest BCUT2D eigenvalue weighted by molar-refractivity contribution is -0.233. The molecule has 2 bridgehead atoms. The van der Waals surface area contributed by atoms with Crippen LogP contribution >= 0.6 is 7.26 Å². The molecule has 3 heterocycles. The van der Waals surface area contributed by atoms with Gasteiger partial charge in [0.1, 0.15) is 18.7 Å². The van der Waals surface area contributed by atoms with Gasteiger partial charge in [0.25, 0.3) is 0 Å². The maximum Gasteiger partial charge on any atom is 0.320 e. The zero-order valence-electron chi connectivity index (χ0n) is 25.2. The van der Waals surface area contributed by atoms with Gasteiger partial charge in [0.2, 0.25) is 0 Å². The second kappa shape index (κ2) is 15.3. The van der Waals surface area contributed by atoms with E-state index in [2.05, 4.69) is 21.7 Å². The largest absolute Gasteiger partial charge is 0.481 e. The van der Waals surface area contributed by atoms with Crippen LogP contribution in [0.4, 0.5) is 0 Å². The third kappa shape index (κ3) is 7.69. The van der Waals surface area contributed by atoms with E-state index < -0.39 is 54.5 Å². The van der Waals surface area contributed by atoms with Gasteiger partial charge in [-0.3, -0.25) is 24.4 Å². The second-order valence-corrected chi connectivity index (χ2v) is 14.0. The van der Waals surface area contributed by atoms with E-state index in [1.54, 1.807) is 84.3 Å². The van der Waals surface area contributed by atoms with Crippen LogP contribution in [0.25, 0.3) is 0 Å². The van der Waals surface area contributed by atoms with Crippen LogP contribution < -0.4 is 5.32 Å². The van der Waals surface area contributed by atoms with Gasteiger partial charge in [0, 0.05) is 38.1 Å². The summed E-state index contributed by atoms with van der Waals surface area (Å²) in [5, 5.41) is 46.7. The van der Waals surface area contributed by atoms with Crippen LogP contribution in [0, 0.1) is 10.8 Å². The molecule has 0 aromatic carbocycles. The minimum atomic E-state index is -2.74. The molecule has 0 radical (unpaired) electrons. The Balaban J connectivity index is 2.21. The van der Waals surface area contributed by atoms with E-state index in [0.29, 0.717) is 12.8 Å². The fourth-order valence-corrected chi connectivity index (χ4v) is 8.16. The molecule has 1 saturated heterocycles. The number of fused-ring (bicyclic) bond motifs is 2. The third-order valence-electron chi connectivity index (χ3n) is 8.47. The Bertz CT molecular complexity index is 1220. The Morgan fingerprint density at radius 3 is 2.63 bits per heavy atom. The maximum atomic E-state index is 13.5. The van der Waals surface area contributed by atoms with Crippen LogP contribution in [0.15, 0.2) is 58.9 Å². The number of nitrogens with zero attached hydrogens (tertiary/aromatic N) is 4. The van der Waals surface area contributed by atoms with Gasteiger partial charge in [-0.15, -0.1) is 0 Å². The number of piperidine rings is 1. The monoisotopic (exact) mass is 619 g/mol. The first-order valence-electron chi connectivity index (χ1n) is 14.4. The first kappa shape index (κ1) is 34.8. The molecule has 3 aliphatic rings. The van der Waals surface area contributed by atoms with Gasteiger partial charge in [0.05, 0.1) is 18.1 Å². The van der Waals surface area contributed by atoms with Crippen molar-refractivity contribution in [3.05, 3.63) is 49.1 Å². The molecule has 3 rings (SSSR count). The number of carbonyl (C=O) groups is 2. The van der Waals surface area contributed by atoms with Crippen molar-refractivity contribution in [3.63, 3.8) is 0 Å². The number of carboxylic acids is 2. The van der Waals surface area contributed by atoms with Crippen molar-refractivity contribution in [1.82, 2.24) is 15.1 Å². The molecule has 43 heavy (non-hydrogen) atoms. The van der Waals surface area contributed by atoms with Crippen LogP contribution in [-0.2, 0) is 14.1 Å². The van der Waals surface area contributed by atoms with E-state index in [1.165, 1.54) is 0 Å². The number of unbranched alkanes of at least 4 members (excludes halogenated alkanes) is 1. The number of aliphatic imine (C=N–C) groups is 1. The number of aliphatic hydroxyl groups is 2. The third-order valence-corrected chi connectivity index (χ3v) is 10.4. The molecule has 5 unspecified atom stereocenters. The van der Waals surface area contributed by atoms with Crippen molar-refractivity contribution >= 4 is 37.4 Å². The molecule has 3 aliphatic heterocycles. The summed E-state index contributed by atoms with van der Waals surface area (Å²) >= 11 is 0. The number of hydrogen-bond donors (Lipinski definition) is 5. The number of carboxylic acid groups (broad SMARTS) is 2. The first-order valence-corrected chi connectivity index (χ1v) is 16.6. The van der Waals surface area contributed by atoms with E-state index in [1.807, 2.05) is 7.05 Å². The van der Waals surface area contributed by atoms with Crippen LogP contribution in [0.2, 0.25) is 0 Å². The van der Waals surface area contributed by atoms with Crippen LogP contribution in [0.5, 0.6) is 0 Å². The molecule has 13 heteroatoms. The van der Waals surface area contributed by atoms with Gasteiger partial charge < -0.3 is 30.3 Å². The Hall–Kier alpha value is -2.70. The topological polar surface area (TPSA) is 168 Å². The van der Waals surface area contributed by atoms with Gasteiger partial charge in [-0.2, -0.15) is 0 Å². The molecule has 0 amide bonds. The number of allylic oxidation sites excluding steroid dienone is 5. The van der Waals surface area contributed by atoms with E-state index in [-0.39, 0.29) is 26.2 Å². The average Bonchev–Trinajstić information content (AvgIpc) is 2.94. The molecule has 238 valence electrons. The summed E-state index contributed by atoms with van der Waals surface area (Å²) in [6, 6.07) is -1.62. The summed E-state index contributed by atoms with van der Waals surface area (Å²) in [6.07, 6.45) is 13.4. The maximum absolute atomic E-state index is 13.5. The molecule has 0 saturated carbocycles. The van der Waals surface area contributed by atoms with Crippen molar-refractivity contribution in [3.8, 4) is 0 Å². The second-order valence-electron chi connectivity index (χ2n) is 11.4. The average molecular weight is 620 g/mol. The number of rotatable bonds is 15. The lowest BCUT2D eigenvalue weighted by Crippen LogP contribution is -2.75. The highest BCUT2D eigenvalue weighted by Gasteiger charge is 2.67. The molecule has 5 N–H and O–H groups in total. The Labute approximate surface area is 254 Å². The minimum absolute atomic E-state index is 0.0415.